The largest absolute Gasteiger partial charge is 0.494 e. The van der Waals surface area contributed by atoms with Crippen LogP contribution >= 0.6 is 11.3 Å². The Kier molecular flexibility index (Phi) is 8.55. The maximum Gasteiger partial charge on any atom is 0.196 e. The van der Waals surface area contributed by atoms with Crippen molar-refractivity contribution in [1.82, 2.24) is 9.80 Å². The van der Waals surface area contributed by atoms with Crippen molar-refractivity contribution < 1.29 is 9.47 Å². The molecule has 2 saturated heterocycles. The summed E-state index contributed by atoms with van der Waals surface area (Å²) >= 11 is 1.65. The lowest BCUT2D eigenvalue weighted by Crippen LogP contribution is -2.31. The van der Waals surface area contributed by atoms with E-state index in [4.69, 9.17) is 9.47 Å². The normalized spacial score (nSPS) is 17.7. The molecular formula is C29H38N2O3S. The Hall–Kier alpha value is -2.15. The molecule has 2 aliphatic rings. The van der Waals surface area contributed by atoms with Crippen LogP contribution in [0, 0.1) is 0 Å². The number of hydrogen-bond donors (Lipinski definition) is 0. The standard InChI is InChI=1S/C29H38N2O3S/c32-29-25-21-23(33-19-7-17-30-13-3-1-4-14-30)9-11-27(25)35-28-12-10-24(22-26(28)29)34-20-8-18-31-15-5-2-6-16-31/h9-12,21-22H,1-8,13-20H2. The summed E-state index contributed by atoms with van der Waals surface area (Å²) in [7, 11) is 0. The highest BCUT2D eigenvalue weighted by Crippen LogP contribution is 2.29. The predicted octanol–water partition coefficient (Wildman–Crippen LogP) is 5.92. The topological polar surface area (TPSA) is 42.0 Å². The summed E-state index contributed by atoms with van der Waals surface area (Å²) in [5.74, 6) is 1.56. The van der Waals surface area contributed by atoms with Crippen molar-refractivity contribution in [3.05, 3.63) is 46.6 Å². The highest BCUT2D eigenvalue weighted by atomic mass is 32.1. The fourth-order valence-electron chi connectivity index (χ4n) is 5.32. The third-order valence-corrected chi connectivity index (χ3v) is 8.44. The van der Waals surface area contributed by atoms with Gasteiger partial charge in [0, 0.05) is 33.3 Å². The van der Waals surface area contributed by atoms with Gasteiger partial charge in [-0.25, -0.2) is 0 Å². The van der Waals surface area contributed by atoms with Crippen molar-refractivity contribution in [2.75, 3.05) is 52.5 Å². The molecule has 2 aromatic carbocycles. The molecule has 3 heterocycles. The van der Waals surface area contributed by atoms with Crippen LogP contribution in [-0.4, -0.2) is 62.3 Å². The van der Waals surface area contributed by atoms with Crippen LogP contribution in [0.15, 0.2) is 41.2 Å². The van der Waals surface area contributed by atoms with Crippen molar-refractivity contribution in [2.24, 2.45) is 0 Å². The van der Waals surface area contributed by atoms with E-state index in [-0.39, 0.29) is 5.43 Å². The molecule has 5 rings (SSSR count). The maximum absolute atomic E-state index is 13.3. The van der Waals surface area contributed by atoms with E-state index >= 15 is 0 Å². The molecule has 6 heteroatoms. The molecule has 0 aliphatic carbocycles. The van der Waals surface area contributed by atoms with Gasteiger partial charge in [-0.2, -0.15) is 0 Å². The van der Waals surface area contributed by atoms with E-state index in [0.29, 0.717) is 13.2 Å². The molecule has 0 radical (unpaired) electrons. The summed E-state index contributed by atoms with van der Waals surface area (Å²) in [6, 6.07) is 11.9. The number of likely N-dealkylation sites (tertiary alicyclic amines) is 2. The lowest BCUT2D eigenvalue weighted by Gasteiger charge is -2.26. The summed E-state index contributed by atoms with van der Waals surface area (Å²) in [6.07, 6.45) is 10.0. The molecule has 0 bridgehead atoms. The summed E-state index contributed by atoms with van der Waals surface area (Å²) in [5, 5.41) is 1.47. The number of piperidine rings is 2. The van der Waals surface area contributed by atoms with Gasteiger partial charge in [0.1, 0.15) is 11.5 Å². The quantitative estimate of drug-likeness (QED) is 0.258. The van der Waals surface area contributed by atoms with E-state index in [2.05, 4.69) is 9.80 Å². The fraction of sp³-hybridized carbons (Fsp3) is 0.552. The minimum atomic E-state index is 0.0614. The molecule has 0 N–H and O–H groups in total. The van der Waals surface area contributed by atoms with Crippen LogP contribution in [0.4, 0.5) is 0 Å². The second kappa shape index (κ2) is 12.2. The smallest absolute Gasteiger partial charge is 0.196 e. The van der Waals surface area contributed by atoms with E-state index in [1.807, 2.05) is 36.4 Å². The van der Waals surface area contributed by atoms with E-state index < -0.39 is 0 Å². The zero-order valence-electron chi connectivity index (χ0n) is 20.8. The average molecular weight is 495 g/mol. The van der Waals surface area contributed by atoms with Gasteiger partial charge in [-0.1, -0.05) is 12.8 Å². The molecule has 1 aromatic heterocycles. The lowest BCUT2D eigenvalue weighted by atomic mass is 10.1. The summed E-state index contributed by atoms with van der Waals surface area (Å²) in [5.41, 5.74) is 0.0614. The van der Waals surface area contributed by atoms with Gasteiger partial charge in [-0.3, -0.25) is 4.79 Å². The molecule has 35 heavy (non-hydrogen) atoms. The van der Waals surface area contributed by atoms with Crippen molar-refractivity contribution in [2.45, 2.75) is 51.4 Å². The first-order valence-electron chi connectivity index (χ1n) is 13.5. The first kappa shape index (κ1) is 24.5. The summed E-state index contributed by atoms with van der Waals surface area (Å²) in [6.45, 7) is 8.41. The Bertz CT molecular complexity index is 1080. The van der Waals surface area contributed by atoms with Crippen LogP contribution in [-0.2, 0) is 0 Å². The number of fused-ring (bicyclic) bond motifs is 2. The van der Waals surface area contributed by atoms with Crippen molar-refractivity contribution in [3.63, 3.8) is 0 Å². The van der Waals surface area contributed by atoms with Gasteiger partial charge >= 0.3 is 0 Å². The monoisotopic (exact) mass is 494 g/mol. The fourth-order valence-corrected chi connectivity index (χ4v) is 6.35. The molecule has 188 valence electrons. The molecule has 0 unspecified atom stereocenters. The Morgan fingerprint density at radius 2 is 1.11 bits per heavy atom. The van der Waals surface area contributed by atoms with Crippen LogP contribution in [0.2, 0.25) is 0 Å². The van der Waals surface area contributed by atoms with Gasteiger partial charge in [-0.15, -0.1) is 11.3 Å². The van der Waals surface area contributed by atoms with Crippen LogP contribution in [0.25, 0.3) is 20.2 Å². The lowest BCUT2D eigenvalue weighted by molar-refractivity contribution is 0.205. The van der Waals surface area contributed by atoms with Crippen molar-refractivity contribution in [1.29, 1.82) is 0 Å². The SMILES string of the molecule is O=c1c2cc(OCCCN3CCCCC3)ccc2sc2ccc(OCCCN3CCCCC3)cc12. The molecule has 5 nitrogen and oxygen atoms in total. The van der Waals surface area contributed by atoms with Gasteiger partial charge in [-0.05, 0) is 101 Å². The van der Waals surface area contributed by atoms with Crippen LogP contribution in [0.1, 0.15) is 51.4 Å². The molecule has 0 atom stereocenters. The Labute approximate surface area is 212 Å². The molecule has 0 saturated carbocycles. The van der Waals surface area contributed by atoms with Crippen LogP contribution in [0.5, 0.6) is 11.5 Å². The van der Waals surface area contributed by atoms with Crippen LogP contribution < -0.4 is 14.9 Å². The zero-order valence-corrected chi connectivity index (χ0v) is 21.6. The number of ether oxygens (including phenoxy) is 2. The third-order valence-electron chi connectivity index (χ3n) is 7.28. The van der Waals surface area contributed by atoms with Gasteiger partial charge in [0.05, 0.1) is 13.2 Å². The number of nitrogens with zero attached hydrogens (tertiary/aromatic N) is 2. The van der Waals surface area contributed by atoms with E-state index in [9.17, 15) is 4.79 Å². The highest BCUT2D eigenvalue weighted by Gasteiger charge is 2.12. The van der Waals surface area contributed by atoms with Gasteiger partial charge < -0.3 is 19.3 Å². The minimum Gasteiger partial charge on any atom is -0.494 e. The summed E-state index contributed by atoms with van der Waals surface area (Å²) < 4.78 is 14.0. The van der Waals surface area contributed by atoms with Crippen molar-refractivity contribution in [3.8, 4) is 11.5 Å². The zero-order chi connectivity index (χ0) is 23.9. The number of hydrogen-bond acceptors (Lipinski definition) is 6. The third kappa shape index (κ3) is 6.54. The second-order valence-electron chi connectivity index (χ2n) is 9.96. The van der Waals surface area contributed by atoms with Crippen LogP contribution in [0.3, 0.4) is 0 Å². The van der Waals surface area contributed by atoms with Gasteiger partial charge in [0.15, 0.2) is 5.43 Å². The van der Waals surface area contributed by atoms with E-state index in [1.165, 1.54) is 64.7 Å². The average Bonchev–Trinajstić information content (AvgIpc) is 2.91. The minimum absolute atomic E-state index is 0.0614. The number of benzene rings is 2. The van der Waals surface area contributed by atoms with Crippen molar-refractivity contribution >= 4 is 31.5 Å². The van der Waals surface area contributed by atoms with E-state index in [1.54, 1.807) is 11.3 Å². The highest BCUT2D eigenvalue weighted by molar-refractivity contribution is 7.24. The first-order valence-corrected chi connectivity index (χ1v) is 14.3. The summed E-state index contributed by atoms with van der Waals surface area (Å²) in [4.78, 5) is 18.4. The van der Waals surface area contributed by atoms with E-state index in [0.717, 1.165) is 57.6 Å². The molecule has 0 amide bonds. The maximum atomic E-state index is 13.3. The van der Waals surface area contributed by atoms with Gasteiger partial charge in [0.2, 0.25) is 0 Å². The molecule has 3 aromatic rings. The Balaban J connectivity index is 1.20. The molecule has 2 aliphatic heterocycles. The molecular weight excluding hydrogens is 456 g/mol. The Morgan fingerprint density at radius 3 is 1.57 bits per heavy atom. The Morgan fingerprint density at radius 1 is 0.657 bits per heavy atom. The second-order valence-corrected chi connectivity index (χ2v) is 11.0. The first-order chi connectivity index (χ1) is 17.3. The predicted molar refractivity (Wildman–Crippen MR) is 146 cm³/mol. The number of rotatable bonds is 10. The molecule has 0 spiro atoms. The van der Waals surface area contributed by atoms with Gasteiger partial charge in [0.25, 0.3) is 0 Å². The molecule has 2 fully saturated rings.